The number of fused-ring (bicyclic) bond motifs is 1. The smallest absolute Gasteiger partial charge is 0.317 e. The van der Waals surface area contributed by atoms with Crippen LogP contribution in [0.2, 0.25) is 0 Å². The Kier molecular flexibility index (Phi) is 5.46. The van der Waals surface area contributed by atoms with Gasteiger partial charge in [0, 0.05) is 31.4 Å². The maximum absolute atomic E-state index is 12.8. The molecular weight excluding hydrogens is 402 g/mol. The predicted octanol–water partition coefficient (Wildman–Crippen LogP) is 4.26. The van der Waals surface area contributed by atoms with Crippen LogP contribution in [0, 0.1) is 0 Å². The number of hydrogen-bond acceptors (Lipinski definition) is 4. The van der Waals surface area contributed by atoms with Crippen LogP contribution in [-0.4, -0.2) is 45.7 Å². The highest BCUT2D eigenvalue weighted by Crippen LogP contribution is 2.32. The van der Waals surface area contributed by atoms with Gasteiger partial charge in [-0.15, -0.1) is 0 Å². The number of likely N-dealkylation sites (tertiary alicyclic amines) is 1. The molecule has 0 bridgehead atoms. The Labute approximate surface area is 186 Å². The van der Waals surface area contributed by atoms with E-state index in [9.17, 15) is 4.79 Å². The molecule has 1 aliphatic rings. The number of ether oxygens (including phenoxy) is 1. The number of carbonyl (C=O) groups excluding carboxylic acids is 1. The summed E-state index contributed by atoms with van der Waals surface area (Å²) in [5.41, 5.74) is 3.78. The minimum absolute atomic E-state index is 0.0419. The highest BCUT2D eigenvalue weighted by atomic mass is 16.5. The van der Waals surface area contributed by atoms with E-state index in [4.69, 9.17) is 9.72 Å². The summed E-state index contributed by atoms with van der Waals surface area (Å²) < 4.78 is 7.48. The number of pyridine rings is 1. The number of imidazole rings is 1. The van der Waals surface area contributed by atoms with Crippen molar-refractivity contribution >= 4 is 17.2 Å². The first-order valence-electron chi connectivity index (χ1n) is 10.8. The lowest BCUT2D eigenvalue weighted by Crippen LogP contribution is -2.38. The minimum atomic E-state index is -0.0419. The average Bonchev–Trinajstić information content (AvgIpc) is 3.48. The molecule has 0 saturated carbocycles. The Balaban J connectivity index is 1.39. The molecule has 0 aliphatic carbocycles. The fraction of sp³-hybridized carbons (Fsp3) is 0.240. The van der Waals surface area contributed by atoms with Gasteiger partial charge in [0.2, 0.25) is 0 Å². The maximum Gasteiger partial charge on any atom is 0.317 e. The second kappa shape index (κ2) is 8.70. The standard InChI is InChI=1S/C25H25N5O2/c1-32-21-11-9-19(10-12-21)23-28-22-8-5-14-26-24(22)30(23)20-13-15-29(17-20)25(31)27-16-18-6-3-2-4-7-18/h2-12,14,20H,13,15-17H2,1H3,(H,27,31)/t20-/m0/s1. The van der Waals surface area contributed by atoms with Crippen LogP contribution in [0.5, 0.6) is 5.75 Å². The molecule has 3 heterocycles. The summed E-state index contributed by atoms with van der Waals surface area (Å²) in [6.45, 7) is 1.83. The monoisotopic (exact) mass is 427 g/mol. The van der Waals surface area contributed by atoms with E-state index in [0.29, 0.717) is 19.6 Å². The van der Waals surface area contributed by atoms with Crippen LogP contribution in [0.4, 0.5) is 4.79 Å². The van der Waals surface area contributed by atoms with Gasteiger partial charge in [0.25, 0.3) is 0 Å². The van der Waals surface area contributed by atoms with Gasteiger partial charge in [0.05, 0.1) is 13.2 Å². The molecule has 32 heavy (non-hydrogen) atoms. The normalized spacial score (nSPS) is 15.8. The molecule has 2 aromatic heterocycles. The third kappa shape index (κ3) is 3.89. The largest absolute Gasteiger partial charge is 0.497 e. The van der Waals surface area contributed by atoms with E-state index in [1.165, 1.54) is 0 Å². The predicted molar refractivity (Wildman–Crippen MR) is 123 cm³/mol. The molecule has 1 fully saturated rings. The van der Waals surface area contributed by atoms with Crippen molar-refractivity contribution in [1.29, 1.82) is 0 Å². The van der Waals surface area contributed by atoms with Crippen molar-refractivity contribution in [3.63, 3.8) is 0 Å². The van der Waals surface area contributed by atoms with Crippen LogP contribution in [0.3, 0.4) is 0 Å². The molecule has 0 unspecified atom stereocenters. The Hall–Kier alpha value is -3.87. The summed E-state index contributed by atoms with van der Waals surface area (Å²) in [6.07, 6.45) is 2.64. The van der Waals surface area contributed by atoms with Gasteiger partial charge >= 0.3 is 6.03 Å². The van der Waals surface area contributed by atoms with Gasteiger partial charge < -0.3 is 19.5 Å². The Morgan fingerprint density at radius 2 is 1.91 bits per heavy atom. The molecule has 0 spiro atoms. The van der Waals surface area contributed by atoms with E-state index in [1.54, 1.807) is 13.3 Å². The third-order valence-corrected chi connectivity index (χ3v) is 5.90. The van der Waals surface area contributed by atoms with Gasteiger partial charge in [-0.05, 0) is 48.4 Å². The second-order valence-corrected chi connectivity index (χ2v) is 7.91. The van der Waals surface area contributed by atoms with E-state index in [-0.39, 0.29) is 12.1 Å². The van der Waals surface area contributed by atoms with Gasteiger partial charge in [-0.1, -0.05) is 30.3 Å². The Morgan fingerprint density at radius 3 is 2.69 bits per heavy atom. The Morgan fingerprint density at radius 1 is 1.09 bits per heavy atom. The molecule has 162 valence electrons. The van der Waals surface area contributed by atoms with Crippen LogP contribution < -0.4 is 10.1 Å². The summed E-state index contributed by atoms with van der Waals surface area (Å²) in [5, 5.41) is 3.04. The number of hydrogen-bond donors (Lipinski definition) is 1. The average molecular weight is 428 g/mol. The summed E-state index contributed by atoms with van der Waals surface area (Å²) in [6, 6.07) is 21.8. The number of carbonyl (C=O) groups is 1. The maximum atomic E-state index is 12.8. The molecule has 7 heteroatoms. The lowest BCUT2D eigenvalue weighted by atomic mass is 10.2. The number of amides is 2. The van der Waals surface area contributed by atoms with Crippen molar-refractivity contribution in [3.8, 4) is 17.1 Å². The van der Waals surface area contributed by atoms with Crippen molar-refractivity contribution < 1.29 is 9.53 Å². The zero-order valence-corrected chi connectivity index (χ0v) is 17.9. The van der Waals surface area contributed by atoms with Crippen molar-refractivity contribution in [1.82, 2.24) is 24.8 Å². The van der Waals surface area contributed by atoms with Crippen LogP contribution >= 0.6 is 0 Å². The van der Waals surface area contributed by atoms with E-state index in [1.807, 2.05) is 71.6 Å². The summed E-state index contributed by atoms with van der Waals surface area (Å²) in [5.74, 6) is 1.66. The molecule has 1 aliphatic heterocycles. The molecule has 4 aromatic rings. The van der Waals surface area contributed by atoms with Gasteiger partial charge in [0.1, 0.15) is 17.1 Å². The van der Waals surface area contributed by atoms with Crippen LogP contribution in [0.25, 0.3) is 22.6 Å². The second-order valence-electron chi connectivity index (χ2n) is 7.91. The molecule has 2 aromatic carbocycles. The number of methoxy groups -OCH3 is 1. The fourth-order valence-electron chi connectivity index (χ4n) is 4.24. The first-order valence-corrected chi connectivity index (χ1v) is 10.8. The SMILES string of the molecule is COc1ccc(-c2nc3cccnc3n2[C@H]2CCN(C(=O)NCc3ccccc3)C2)cc1. The van der Waals surface area contributed by atoms with E-state index < -0.39 is 0 Å². The van der Waals surface area contributed by atoms with Gasteiger partial charge in [0.15, 0.2) is 5.65 Å². The van der Waals surface area contributed by atoms with E-state index in [2.05, 4.69) is 14.9 Å². The Bertz CT molecular complexity index is 1220. The van der Waals surface area contributed by atoms with Gasteiger partial charge in [-0.25, -0.2) is 14.8 Å². The van der Waals surface area contributed by atoms with Crippen molar-refractivity contribution in [2.45, 2.75) is 19.0 Å². The number of rotatable bonds is 5. The molecule has 0 radical (unpaired) electrons. The first kappa shape index (κ1) is 20.1. The minimum Gasteiger partial charge on any atom is -0.497 e. The number of urea groups is 1. The summed E-state index contributed by atoms with van der Waals surface area (Å²) in [4.78, 5) is 24.1. The lowest BCUT2D eigenvalue weighted by molar-refractivity contribution is 0.207. The van der Waals surface area contributed by atoms with Crippen molar-refractivity contribution in [3.05, 3.63) is 78.5 Å². The van der Waals surface area contributed by atoms with Gasteiger partial charge in [-0.2, -0.15) is 0 Å². The lowest BCUT2D eigenvalue weighted by Gasteiger charge is -2.19. The van der Waals surface area contributed by atoms with E-state index in [0.717, 1.165) is 40.3 Å². The van der Waals surface area contributed by atoms with E-state index >= 15 is 0 Å². The zero-order valence-electron chi connectivity index (χ0n) is 17.9. The molecule has 1 atom stereocenters. The topological polar surface area (TPSA) is 72.3 Å². The number of benzene rings is 2. The van der Waals surface area contributed by atoms with Crippen LogP contribution in [0.15, 0.2) is 72.9 Å². The molecule has 5 rings (SSSR count). The highest BCUT2D eigenvalue weighted by molar-refractivity contribution is 5.78. The van der Waals surface area contributed by atoms with Gasteiger partial charge in [-0.3, -0.25) is 0 Å². The fourth-order valence-corrected chi connectivity index (χ4v) is 4.24. The molecule has 1 N–H and O–H groups in total. The van der Waals surface area contributed by atoms with Crippen LogP contribution in [-0.2, 0) is 6.54 Å². The highest BCUT2D eigenvalue weighted by Gasteiger charge is 2.30. The third-order valence-electron chi connectivity index (χ3n) is 5.90. The molecule has 7 nitrogen and oxygen atoms in total. The molecule has 1 saturated heterocycles. The molecular formula is C25H25N5O2. The zero-order chi connectivity index (χ0) is 21.9. The number of aromatic nitrogens is 3. The number of nitrogens with zero attached hydrogens (tertiary/aromatic N) is 4. The first-order chi connectivity index (χ1) is 15.7. The van der Waals surface area contributed by atoms with Crippen molar-refractivity contribution in [2.24, 2.45) is 0 Å². The summed E-state index contributed by atoms with van der Waals surface area (Å²) >= 11 is 0. The quantitative estimate of drug-likeness (QED) is 0.516. The summed E-state index contributed by atoms with van der Waals surface area (Å²) in [7, 11) is 1.66. The molecule has 2 amide bonds. The van der Waals surface area contributed by atoms with Crippen LogP contribution in [0.1, 0.15) is 18.0 Å². The van der Waals surface area contributed by atoms with Crippen molar-refractivity contribution in [2.75, 3.05) is 20.2 Å². The number of nitrogens with one attached hydrogen (secondary N) is 1.